The predicted molar refractivity (Wildman–Crippen MR) is 83.1 cm³/mol. The Morgan fingerprint density at radius 1 is 1.29 bits per heavy atom. The van der Waals surface area contributed by atoms with Crippen LogP contribution in [0, 0.1) is 0 Å². The lowest BCUT2D eigenvalue weighted by molar-refractivity contribution is -0.114. The molecule has 1 atom stereocenters. The summed E-state index contributed by atoms with van der Waals surface area (Å²) in [4.78, 5) is 11.4. The lowest BCUT2D eigenvalue weighted by atomic mass is 10.0. The number of para-hydroxylation sites is 1. The number of nitrogens with one attached hydrogen (secondary N) is 1. The molecule has 1 aromatic carbocycles. The first-order valence-electron chi connectivity index (χ1n) is 7.47. The lowest BCUT2D eigenvalue weighted by Crippen LogP contribution is -2.28. The molecule has 0 heterocycles. The molecular formula is C17H23NO3. The maximum Gasteiger partial charge on any atom is 0.198 e. The largest absolute Gasteiger partial charge is 0.464 e. The van der Waals surface area contributed by atoms with Crippen LogP contribution in [0.15, 0.2) is 30.3 Å². The van der Waals surface area contributed by atoms with Crippen molar-refractivity contribution in [2.45, 2.75) is 45.4 Å². The molecule has 1 aliphatic carbocycles. The maximum absolute atomic E-state index is 11.4. The summed E-state index contributed by atoms with van der Waals surface area (Å²) in [5, 5.41) is 13.2. The van der Waals surface area contributed by atoms with E-state index in [4.69, 9.17) is 4.74 Å². The highest BCUT2D eigenvalue weighted by Crippen LogP contribution is 2.32. The highest BCUT2D eigenvalue weighted by atomic mass is 16.6. The third-order valence-electron chi connectivity index (χ3n) is 3.42. The summed E-state index contributed by atoms with van der Waals surface area (Å²) < 4.78 is 5.64. The molecule has 21 heavy (non-hydrogen) atoms. The molecule has 1 aliphatic rings. The van der Waals surface area contributed by atoms with Gasteiger partial charge in [0.25, 0.3) is 0 Å². The van der Waals surface area contributed by atoms with Crippen LogP contribution in [0.3, 0.4) is 0 Å². The van der Waals surface area contributed by atoms with Crippen LogP contribution in [0.2, 0.25) is 0 Å². The maximum atomic E-state index is 11.4. The van der Waals surface area contributed by atoms with E-state index in [1.807, 2.05) is 24.3 Å². The van der Waals surface area contributed by atoms with Crippen molar-refractivity contribution < 1.29 is 14.6 Å². The zero-order valence-electron chi connectivity index (χ0n) is 12.6. The minimum absolute atomic E-state index is 0.154. The number of carbonyl (C=O) groups excluding carboxylic acids is 1. The van der Waals surface area contributed by atoms with E-state index < -0.39 is 6.29 Å². The number of benzene rings is 1. The van der Waals surface area contributed by atoms with Gasteiger partial charge in [0.05, 0.1) is 0 Å². The summed E-state index contributed by atoms with van der Waals surface area (Å²) in [6.07, 6.45) is 2.64. The van der Waals surface area contributed by atoms with Gasteiger partial charge in [-0.1, -0.05) is 32.0 Å². The van der Waals surface area contributed by atoms with Crippen LogP contribution >= 0.6 is 0 Å². The monoisotopic (exact) mass is 289 g/mol. The Hall–Kier alpha value is -1.65. The topological polar surface area (TPSA) is 58.6 Å². The molecule has 0 bridgehead atoms. The van der Waals surface area contributed by atoms with Gasteiger partial charge >= 0.3 is 0 Å². The molecule has 0 saturated heterocycles. The van der Waals surface area contributed by atoms with Crippen molar-refractivity contribution in [1.82, 2.24) is 5.32 Å². The molecule has 0 aliphatic heterocycles. The standard InChI is InChI=1S/C17H23NO3/c1-12(2)18-10-9-17(20)21-16-6-4-3-5-15(16)13-7-8-14(19)11-13/h3-6,11-12,17-18,20H,7-10H2,1-2H3. The molecule has 4 heteroatoms. The number of hydrogen-bond acceptors (Lipinski definition) is 4. The van der Waals surface area contributed by atoms with E-state index in [1.165, 1.54) is 0 Å². The highest BCUT2D eigenvalue weighted by molar-refractivity contribution is 6.02. The molecule has 0 saturated carbocycles. The van der Waals surface area contributed by atoms with Crippen LogP contribution in [0.4, 0.5) is 0 Å². The molecule has 0 spiro atoms. The van der Waals surface area contributed by atoms with Gasteiger partial charge < -0.3 is 15.2 Å². The van der Waals surface area contributed by atoms with E-state index in [0.29, 0.717) is 31.2 Å². The number of aliphatic hydroxyl groups excluding tert-OH is 1. The van der Waals surface area contributed by atoms with Gasteiger partial charge in [-0.15, -0.1) is 0 Å². The molecule has 1 aromatic rings. The van der Waals surface area contributed by atoms with Crippen molar-refractivity contribution >= 4 is 11.4 Å². The normalized spacial score (nSPS) is 16.2. The smallest absolute Gasteiger partial charge is 0.198 e. The Balaban J connectivity index is 2.00. The summed E-state index contributed by atoms with van der Waals surface area (Å²) in [6.45, 7) is 4.82. The van der Waals surface area contributed by atoms with E-state index in [9.17, 15) is 9.90 Å². The minimum atomic E-state index is -0.852. The average molecular weight is 289 g/mol. The van der Waals surface area contributed by atoms with Gasteiger partial charge in [0.2, 0.25) is 0 Å². The number of ether oxygens (including phenoxy) is 1. The number of carbonyl (C=O) groups is 1. The highest BCUT2D eigenvalue weighted by Gasteiger charge is 2.18. The van der Waals surface area contributed by atoms with Crippen molar-refractivity contribution in [2.24, 2.45) is 0 Å². The van der Waals surface area contributed by atoms with Crippen LogP contribution in [-0.4, -0.2) is 29.8 Å². The van der Waals surface area contributed by atoms with Gasteiger partial charge in [0, 0.05) is 31.0 Å². The van der Waals surface area contributed by atoms with Gasteiger partial charge in [-0.05, 0) is 24.1 Å². The number of allylic oxidation sites excluding steroid dienone is 2. The van der Waals surface area contributed by atoms with Gasteiger partial charge in [-0.3, -0.25) is 4.79 Å². The van der Waals surface area contributed by atoms with E-state index in [-0.39, 0.29) is 5.78 Å². The third kappa shape index (κ3) is 4.69. The van der Waals surface area contributed by atoms with E-state index in [1.54, 1.807) is 6.08 Å². The summed E-state index contributed by atoms with van der Waals surface area (Å²) in [7, 11) is 0. The van der Waals surface area contributed by atoms with Crippen molar-refractivity contribution in [3.63, 3.8) is 0 Å². The van der Waals surface area contributed by atoms with Gasteiger partial charge in [-0.2, -0.15) is 0 Å². The summed E-state index contributed by atoms with van der Waals surface area (Å²) in [6, 6.07) is 7.93. The molecule has 114 valence electrons. The van der Waals surface area contributed by atoms with Crippen LogP contribution < -0.4 is 10.1 Å². The zero-order valence-corrected chi connectivity index (χ0v) is 12.6. The fourth-order valence-corrected chi connectivity index (χ4v) is 2.34. The molecule has 2 rings (SSSR count). The molecule has 0 amide bonds. The van der Waals surface area contributed by atoms with E-state index >= 15 is 0 Å². The van der Waals surface area contributed by atoms with Gasteiger partial charge in [0.15, 0.2) is 12.1 Å². The second-order valence-electron chi connectivity index (χ2n) is 5.60. The first-order chi connectivity index (χ1) is 10.1. The Labute approximate surface area is 125 Å². The van der Waals surface area contributed by atoms with Crippen molar-refractivity contribution in [3.8, 4) is 5.75 Å². The fraction of sp³-hybridized carbons (Fsp3) is 0.471. The first-order valence-corrected chi connectivity index (χ1v) is 7.47. The molecular weight excluding hydrogens is 266 g/mol. The van der Waals surface area contributed by atoms with Crippen LogP contribution in [0.25, 0.3) is 5.57 Å². The van der Waals surface area contributed by atoms with Crippen LogP contribution in [0.1, 0.15) is 38.7 Å². The third-order valence-corrected chi connectivity index (χ3v) is 3.42. The van der Waals surface area contributed by atoms with Crippen molar-refractivity contribution in [3.05, 3.63) is 35.9 Å². The number of rotatable bonds is 7. The van der Waals surface area contributed by atoms with Crippen LogP contribution in [-0.2, 0) is 4.79 Å². The fourth-order valence-electron chi connectivity index (χ4n) is 2.34. The molecule has 2 N–H and O–H groups in total. The van der Waals surface area contributed by atoms with Gasteiger partial charge in [-0.25, -0.2) is 0 Å². The molecule has 0 fully saturated rings. The second kappa shape index (κ2) is 7.38. The molecule has 0 radical (unpaired) electrons. The van der Waals surface area contributed by atoms with Crippen molar-refractivity contribution in [1.29, 1.82) is 0 Å². The second-order valence-corrected chi connectivity index (χ2v) is 5.60. The number of ketones is 1. The Morgan fingerprint density at radius 2 is 2.05 bits per heavy atom. The van der Waals surface area contributed by atoms with E-state index in [0.717, 1.165) is 17.6 Å². The summed E-state index contributed by atoms with van der Waals surface area (Å²) in [5.41, 5.74) is 1.89. The molecule has 1 unspecified atom stereocenters. The zero-order chi connectivity index (χ0) is 15.2. The lowest BCUT2D eigenvalue weighted by Gasteiger charge is -2.17. The van der Waals surface area contributed by atoms with E-state index in [2.05, 4.69) is 19.2 Å². The van der Waals surface area contributed by atoms with Gasteiger partial charge in [0.1, 0.15) is 5.75 Å². The Morgan fingerprint density at radius 3 is 2.71 bits per heavy atom. The Bertz CT molecular complexity index is 523. The number of hydrogen-bond donors (Lipinski definition) is 2. The SMILES string of the molecule is CC(C)NCCC(O)Oc1ccccc1C1=CC(=O)CC1. The molecule has 4 nitrogen and oxygen atoms in total. The molecule has 0 aromatic heterocycles. The first kappa shape index (κ1) is 15.7. The minimum Gasteiger partial charge on any atom is -0.464 e. The summed E-state index contributed by atoms with van der Waals surface area (Å²) in [5.74, 6) is 0.789. The van der Waals surface area contributed by atoms with Crippen molar-refractivity contribution in [2.75, 3.05) is 6.54 Å². The average Bonchev–Trinajstić information content (AvgIpc) is 2.85. The summed E-state index contributed by atoms with van der Waals surface area (Å²) >= 11 is 0. The quantitative estimate of drug-likeness (QED) is 0.757. The predicted octanol–water partition coefficient (Wildman–Crippen LogP) is 2.52. The number of aliphatic hydroxyl groups is 1. The Kier molecular flexibility index (Phi) is 5.53. The van der Waals surface area contributed by atoms with Crippen LogP contribution in [0.5, 0.6) is 5.75 Å².